The zero-order valence-corrected chi connectivity index (χ0v) is 49.6. The number of furan rings is 1. The monoisotopic (exact) mass is 1210 g/mol. The van der Waals surface area contributed by atoms with Crippen LogP contribution in [0.2, 0.25) is 0 Å². The fourth-order valence-electron chi connectivity index (χ4n) is 8.97. The van der Waals surface area contributed by atoms with E-state index < -0.39 is 53.2 Å². The van der Waals surface area contributed by atoms with Crippen molar-refractivity contribution in [2.75, 3.05) is 77.5 Å². The molecule has 88 heavy (non-hydrogen) atoms. The van der Waals surface area contributed by atoms with E-state index in [9.17, 15) is 47.9 Å². The first-order valence-corrected chi connectivity index (χ1v) is 27.3. The number of nitrogens with one attached hydrogen (secondary N) is 10. The molecule has 8 aromatic heterocycles. The minimum atomic E-state index is -0.679. The number of carbonyl (C=O) groups is 10. The van der Waals surface area contributed by atoms with Gasteiger partial charge in [0, 0.05) is 137 Å². The molecule has 8 rings (SSSR count). The average molecular weight is 1210 g/mol. The maximum atomic E-state index is 13.5. The lowest BCUT2D eigenvalue weighted by molar-refractivity contribution is -0.121. The Morgan fingerprint density at radius 3 is 1.40 bits per heavy atom. The molecule has 32 nitrogen and oxygen atoms in total. The van der Waals surface area contributed by atoms with Crippen LogP contribution in [0.25, 0.3) is 0 Å². The van der Waals surface area contributed by atoms with Gasteiger partial charge in [0.1, 0.15) is 22.8 Å². The van der Waals surface area contributed by atoms with Gasteiger partial charge in [0.2, 0.25) is 29.3 Å². The molecule has 0 unspecified atom stereocenters. The zero-order chi connectivity index (χ0) is 63.5. The number of hydrogen-bond donors (Lipinski definition) is 10. The van der Waals surface area contributed by atoms with E-state index in [0.29, 0.717) is 17.9 Å². The predicted molar refractivity (Wildman–Crippen MR) is 321 cm³/mol. The highest BCUT2D eigenvalue weighted by atomic mass is 16.4. The van der Waals surface area contributed by atoms with Crippen molar-refractivity contribution in [2.24, 2.45) is 49.3 Å². The third-order valence-electron chi connectivity index (χ3n) is 13.3. The third kappa shape index (κ3) is 15.9. The maximum absolute atomic E-state index is 13.5. The van der Waals surface area contributed by atoms with Crippen molar-refractivity contribution in [3.8, 4) is 0 Å². The van der Waals surface area contributed by atoms with Crippen molar-refractivity contribution in [3.63, 3.8) is 0 Å². The van der Waals surface area contributed by atoms with Crippen LogP contribution in [0.4, 0.5) is 40.3 Å². The molecule has 8 aromatic rings. The molecule has 0 spiro atoms. The topological polar surface area (TPSA) is 381 Å². The maximum Gasteiger partial charge on any atom is 0.294 e. The molecule has 0 saturated heterocycles. The minimum absolute atomic E-state index is 0.0166. The van der Waals surface area contributed by atoms with Crippen molar-refractivity contribution in [2.45, 2.75) is 25.7 Å². The van der Waals surface area contributed by atoms with Gasteiger partial charge in [-0.05, 0) is 63.8 Å². The Kier molecular flexibility index (Phi) is 19.7. The number of carbonyl (C=O) groups excluding carboxylic acids is 10. The SMILES string of the molecule is CN(C)CCCNC(=O)CCNC(=O)c1cc(NC(=O)c2cc(NC(=O)c3cc(NC(=O)c4nc(NC(=O)CCCNC(=O)c5cc(NC(=O)c6ccc(NC(=O)c7nc(NC(=O)c8nccn8C)cn7C)o6)cn5C)cn4C)cn3C)cn2C)cn1C. The summed E-state index contributed by atoms with van der Waals surface area (Å²) in [7, 11) is 15.2. The largest absolute Gasteiger partial charge is 0.435 e. The van der Waals surface area contributed by atoms with Crippen LogP contribution < -0.4 is 53.2 Å². The molecular formula is C56H67N21O11. The smallest absolute Gasteiger partial charge is 0.294 e. The Morgan fingerprint density at radius 1 is 0.432 bits per heavy atom. The van der Waals surface area contributed by atoms with Crippen molar-refractivity contribution >= 4 is 99.3 Å². The van der Waals surface area contributed by atoms with Crippen molar-refractivity contribution in [1.29, 1.82) is 0 Å². The summed E-state index contributed by atoms with van der Waals surface area (Å²) in [5.74, 6) is -5.02. The third-order valence-corrected chi connectivity index (χ3v) is 13.3. The molecule has 462 valence electrons. The Hall–Kier alpha value is -11.3. The Labute approximate surface area is 502 Å². The first-order valence-electron chi connectivity index (χ1n) is 27.3. The van der Waals surface area contributed by atoms with Gasteiger partial charge < -0.3 is 89.1 Å². The predicted octanol–water partition coefficient (Wildman–Crippen LogP) is 2.68. The highest BCUT2D eigenvalue weighted by molar-refractivity contribution is 6.09. The van der Waals surface area contributed by atoms with Gasteiger partial charge in [-0.2, -0.15) is 0 Å². The molecule has 0 saturated carbocycles. The molecule has 0 radical (unpaired) electrons. The second kappa shape index (κ2) is 27.6. The van der Waals surface area contributed by atoms with Crippen molar-refractivity contribution < 1.29 is 52.4 Å². The van der Waals surface area contributed by atoms with Gasteiger partial charge >= 0.3 is 0 Å². The molecule has 0 atom stereocenters. The molecule has 8 heterocycles. The standard InChI is InChI=1S/C56H67N21O11/c1-70(2)20-11-17-57-43(78)15-18-60-50(81)37-22-32(26-72(37)4)61-51(82)38-24-33(27-74(38)6)62-52(83)39-25-35(29-75(39)7)64-55(86)47-66-41(30-76(47)8)65-44(79)12-10-16-59-49(80)36-23-34(28-73(36)5)63-53(84)40-13-14-45(88-40)69-56(87)48-67-42(31-77(48)9)68-54(85)46-58-19-21-71(46)3/h13-14,19,21-31H,10-12,15-18,20H2,1-9H3,(H,57,78)(H,59,80)(H,60,81)(H,61,82)(H,62,83)(H,63,84)(H,64,86)(H,65,79)(H,68,85)(H,69,87). The van der Waals surface area contributed by atoms with Crippen LogP contribution in [-0.2, 0) is 58.9 Å². The van der Waals surface area contributed by atoms with Crippen molar-refractivity contribution in [1.82, 2.24) is 67.8 Å². The Morgan fingerprint density at radius 2 is 0.886 bits per heavy atom. The van der Waals surface area contributed by atoms with Gasteiger partial charge in [0.25, 0.3) is 47.3 Å². The highest BCUT2D eigenvalue weighted by Crippen LogP contribution is 2.23. The summed E-state index contributed by atoms with van der Waals surface area (Å²) in [4.78, 5) is 145. The molecule has 0 aliphatic heterocycles. The fraction of sp³-hybridized carbons (Fsp3) is 0.304. The molecule has 10 N–H and O–H groups in total. The van der Waals surface area contributed by atoms with Crippen LogP contribution in [0.3, 0.4) is 0 Å². The summed E-state index contributed by atoms with van der Waals surface area (Å²) in [5, 5.41) is 27.0. The lowest BCUT2D eigenvalue weighted by Crippen LogP contribution is -2.32. The minimum Gasteiger partial charge on any atom is -0.435 e. The van der Waals surface area contributed by atoms with E-state index in [0.717, 1.165) is 13.0 Å². The van der Waals surface area contributed by atoms with E-state index in [1.807, 2.05) is 19.0 Å². The van der Waals surface area contributed by atoms with Crippen LogP contribution in [0.5, 0.6) is 0 Å². The summed E-state index contributed by atoms with van der Waals surface area (Å²) in [6, 6.07) is 8.62. The Bertz CT molecular complexity index is 3970. The zero-order valence-electron chi connectivity index (χ0n) is 49.6. The van der Waals surface area contributed by atoms with Gasteiger partial charge in [-0.3, -0.25) is 53.3 Å². The van der Waals surface area contributed by atoms with E-state index in [4.69, 9.17) is 4.42 Å². The molecule has 0 fully saturated rings. The lowest BCUT2D eigenvalue weighted by atomic mass is 10.3. The van der Waals surface area contributed by atoms with E-state index in [2.05, 4.69) is 68.1 Å². The molecule has 32 heteroatoms. The van der Waals surface area contributed by atoms with E-state index in [1.54, 1.807) is 72.5 Å². The summed E-state index contributed by atoms with van der Waals surface area (Å²) in [6.07, 6.45) is 13.3. The second-order valence-corrected chi connectivity index (χ2v) is 20.7. The van der Waals surface area contributed by atoms with Crippen LogP contribution in [0.15, 0.2) is 90.4 Å². The van der Waals surface area contributed by atoms with E-state index in [1.165, 1.54) is 94.8 Å². The number of rotatable bonds is 26. The van der Waals surface area contributed by atoms with E-state index in [-0.39, 0.29) is 113 Å². The number of aryl methyl sites for hydroxylation is 7. The van der Waals surface area contributed by atoms with Gasteiger partial charge in [-0.15, -0.1) is 0 Å². The normalized spacial score (nSPS) is 11.0. The molecule has 0 aliphatic rings. The summed E-state index contributed by atoms with van der Waals surface area (Å²) < 4.78 is 16.0. The molecule has 0 aliphatic carbocycles. The summed E-state index contributed by atoms with van der Waals surface area (Å²) in [5.41, 5.74) is 2.02. The van der Waals surface area contributed by atoms with Crippen molar-refractivity contribution in [3.05, 3.63) is 132 Å². The van der Waals surface area contributed by atoms with Crippen LogP contribution >= 0.6 is 0 Å². The second-order valence-electron chi connectivity index (χ2n) is 20.7. The summed E-state index contributed by atoms with van der Waals surface area (Å²) in [6.45, 7) is 1.62. The highest BCUT2D eigenvalue weighted by Gasteiger charge is 2.24. The van der Waals surface area contributed by atoms with Gasteiger partial charge in [0.15, 0.2) is 23.2 Å². The van der Waals surface area contributed by atoms with Gasteiger partial charge in [-0.1, -0.05) is 0 Å². The first-order chi connectivity index (χ1) is 41.9. The summed E-state index contributed by atoms with van der Waals surface area (Å²) >= 11 is 0. The quantitative estimate of drug-likeness (QED) is 0.0349. The molecule has 0 bridgehead atoms. The lowest BCUT2D eigenvalue weighted by Gasteiger charge is -2.10. The number of nitrogens with zero attached hydrogens (tertiary/aromatic N) is 11. The molecule has 0 aromatic carbocycles. The average Bonchev–Trinajstić information content (AvgIpc) is 3.33. The van der Waals surface area contributed by atoms with Crippen LogP contribution in [-0.4, -0.2) is 151 Å². The first kappa shape index (κ1) is 62.7. The van der Waals surface area contributed by atoms with Gasteiger partial charge in [-0.25, -0.2) is 15.0 Å². The van der Waals surface area contributed by atoms with E-state index >= 15 is 0 Å². The number of anilines is 7. The Balaban J connectivity index is 0.741. The number of amides is 10. The number of aromatic nitrogens is 10. The fourth-order valence-corrected chi connectivity index (χ4v) is 8.97. The van der Waals surface area contributed by atoms with Crippen LogP contribution in [0.1, 0.15) is 110 Å². The molecule has 10 amide bonds. The molecular weight excluding hydrogens is 1140 g/mol. The van der Waals surface area contributed by atoms with Gasteiger partial charge in [0.05, 0.1) is 22.7 Å². The van der Waals surface area contributed by atoms with Crippen LogP contribution in [0, 0.1) is 0 Å². The number of hydrogen-bond acceptors (Lipinski definition) is 15. The number of imidazole rings is 3.